The Morgan fingerprint density at radius 3 is 2.55 bits per heavy atom. The van der Waals surface area contributed by atoms with Crippen LogP contribution in [0.3, 0.4) is 0 Å². The molecule has 0 bridgehead atoms. The first-order valence-electron chi connectivity index (χ1n) is 6.46. The van der Waals surface area contributed by atoms with Crippen LogP contribution in [0.4, 0.5) is 0 Å². The summed E-state index contributed by atoms with van der Waals surface area (Å²) in [4.78, 5) is 4.66. The van der Waals surface area contributed by atoms with Crippen LogP contribution >= 0.6 is 11.3 Å². The van der Waals surface area contributed by atoms with Gasteiger partial charge in [0, 0.05) is 10.9 Å². The van der Waals surface area contributed by atoms with Crippen molar-refractivity contribution in [3.8, 4) is 27.6 Å². The zero-order valence-corrected chi connectivity index (χ0v) is 12.2. The number of aromatic hydroxyl groups is 1. The number of hydrogen-bond donors (Lipinski definition) is 1. The Morgan fingerprint density at radius 1 is 1.00 bits per heavy atom. The number of aryl methyl sites for hydroxylation is 2. The highest BCUT2D eigenvalue weighted by Gasteiger charge is 2.11. The van der Waals surface area contributed by atoms with Gasteiger partial charge in [-0.15, -0.1) is 11.3 Å². The summed E-state index contributed by atoms with van der Waals surface area (Å²) in [5, 5.41) is 12.8. The molecule has 100 valence electrons. The minimum atomic E-state index is 0.272. The quantitative estimate of drug-likeness (QED) is 0.732. The van der Waals surface area contributed by atoms with Gasteiger partial charge in [0.25, 0.3) is 0 Å². The summed E-state index contributed by atoms with van der Waals surface area (Å²) in [6, 6.07) is 13.7. The van der Waals surface area contributed by atoms with Gasteiger partial charge in [0.15, 0.2) is 0 Å². The molecule has 0 aliphatic rings. The molecule has 0 spiro atoms. The van der Waals surface area contributed by atoms with Crippen molar-refractivity contribution < 1.29 is 5.11 Å². The summed E-state index contributed by atoms with van der Waals surface area (Å²) in [5.41, 5.74) is 5.37. The molecule has 0 amide bonds. The maximum absolute atomic E-state index is 9.90. The lowest BCUT2D eigenvalue weighted by Crippen LogP contribution is -1.85. The van der Waals surface area contributed by atoms with E-state index in [0.717, 1.165) is 21.8 Å². The van der Waals surface area contributed by atoms with Gasteiger partial charge in [0.2, 0.25) is 0 Å². The van der Waals surface area contributed by atoms with Crippen molar-refractivity contribution in [2.75, 3.05) is 0 Å². The van der Waals surface area contributed by atoms with Crippen LogP contribution in [0.5, 0.6) is 5.75 Å². The second-order valence-corrected chi connectivity index (χ2v) is 5.73. The van der Waals surface area contributed by atoms with Gasteiger partial charge < -0.3 is 5.11 Å². The molecule has 2 nitrogen and oxygen atoms in total. The van der Waals surface area contributed by atoms with E-state index in [4.69, 9.17) is 0 Å². The Kier molecular flexibility index (Phi) is 3.28. The molecule has 0 unspecified atom stereocenters. The third kappa shape index (κ3) is 2.32. The average Bonchev–Trinajstić information content (AvgIpc) is 2.88. The van der Waals surface area contributed by atoms with Crippen molar-refractivity contribution >= 4 is 11.3 Å². The van der Waals surface area contributed by atoms with Crippen LogP contribution in [0.25, 0.3) is 21.8 Å². The Hall–Kier alpha value is -2.13. The van der Waals surface area contributed by atoms with Gasteiger partial charge >= 0.3 is 0 Å². The molecule has 3 aromatic rings. The minimum absolute atomic E-state index is 0.272. The van der Waals surface area contributed by atoms with E-state index in [2.05, 4.69) is 37.0 Å². The van der Waals surface area contributed by atoms with Crippen LogP contribution in [0.1, 0.15) is 11.1 Å². The fourth-order valence-corrected chi connectivity index (χ4v) is 3.13. The molecule has 0 saturated carbocycles. The van der Waals surface area contributed by atoms with Crippen LogP contribution in [-0.4, -0.2) is 10.1 Å². The third-order valence-corrected chi connectivity index (χ3v) is 4.17. The fourth-order valence-electron chi connectivity index (χ4n) is 2.28. The van der Waals surface area contributed by atoms with Gasteiger partial charge in [0.1, 0.15) is 10.8 Å². The number of rotatable bonds is 2. The van der Waals surface area contributed by atoms with Crippen LogP contribution < -0.4 is 0 Å². The highest BCUT2D eigenvalue weighted by atomic mass is 32.1. The van der Waals surface area contributed by atoms with Crippen LogP contribution in [0, 0.1) is 13.8 Å². The molecule has 1 heterocycles. The summed E-state index contributed by atoms with van der Waals surface area (Å²) in [5.74, 6) is 0.272. The van der Waals surface area contributed by atoms with E-state index in [1.54, 1.807) is 17.4 Å². The summed E-state index contributed by atoms with van der Waals surface area (Å²) in [6.07, 6.45) is 0. The number of hydrogen-bond acceptors (Lipinski definition) is 3. The third-order valence-electron chi connectivity index (χ3n) is 3.30. The largest absolute Gasteiger partial charge is 0.507 e. The number of benzene rings is 2. The molecule has 1 aromatic heterocycles. The van der Waals surface area contributed by atoms with Crippen LogP contribution in [0.15, 0.2) is 47.8 Å². The number of aromatic nitrogens is 1. The van der Waals surface area contributed by atoms with Crippen molar-refractivity contribution in [1.82, 2.24) is 4.98 Å². The lowest BCUT2D eigenvalue weighted by molar-refractivity contribution is 0.477. The van der Waals surface area contributed by atoms with Crippen molar-refractivity contribution in [3.63, 3.8) is 0 Å². The number of thiazole rings is 1. The zero-order chi connectivity index (χ0) is 14.1. The molecule has 0 radical (unpaired) electrons. The number of nitrogens with zero attached hydrogens (tertiary/aromatic N) is 1. The van der Waals surface area contributed by atoms with E-state index in [0.29, 0.717) is 0 Å². The Bertz CT molecular complexity index is 761. The average molecular weight is 281 g/mol. The predicted octanol–water partition coefficient (Wildman–Crippen LogP) is 4.80. The van der Waals surface area contributed by atoms with E-state index in [9.17, 15) is 5.11 Å². The van der Waals surface area contributed by atoms with Gasteiger partial charge in [-0.3, -0.25) is 0 Å². The van der Waals surface area contributed by atoms with Crippen molar-refractivity contribution in [2.24, 2.45) is 0 Å². The molecule has 3 rings (SSSR count). The Balaban J connectivity index is 2.04. The topological polar surface area (TPSA) is 33.1 Å². The van der Waals surface area contributed by atoms with E-state index >= 15 is 0 Å². The summed E-state index contributed by atoms with van der Waals surface area (Å²) < 4.78 is 0. The van der Waals surface area contributed by atoms with Crippen molar-refractivity contribution in [3.05, 3.63) is 59.0 Å². The van der Waals surface area contributed by atoms with Crippen LogP contribution in [0.2, 0.25) is 0 Å². The van der Waals surface area contributed by atoms with Crippen LogP contribution in [-0.2, 0) is 0 Å². The molecule has 0 saturated heterocycles. The lowest BCUT2D eigenvalue weighted by atomic mass is 10.0. The maximum atomic E-state index is 9.90. The summed E-state index contributed by atoms with van der Waals surface area (Å²) >= 11 is 1.55. The molecule has 3 heteroatoms. The Labute approximate surface area is 122 Å². The van der Waals surface area contributed by atoms with Gasteiger partial charge in [-0.25, -0.2) is 4.98 Å². The molecular formula is C17H15NOS. The monoisotopic (exact) mass is 281 g/mol. The van der Waals surface area contributed by atoms with E-state index in [-0.39, 0.29) is 5.75 Å². The zero-order valence-electron chi connectivity index (χ0n) is 11.4. The Morgan fingerprint density at radius 2 is 1.80 bits per heavy atom. The number of phenolic OH excluding ortho intramolecular Hbond substituents is 1. The normalized spacial score (nSPS) is 10.7. The van der Waals surface area contributed by atoms with Gasteiger partial charge in [-0.1, -0.05) is 35.9 Å². The molecule has 1 N–H and O–H groups in total. The highest BCUT2D eigenvalue weighted by Crippen LogP contribution is 2.34. The maximum Gasteiger partial charge on any atom is 0.127 e. The number of phenols is 1. The minimum Gasteiger partial charge on any atom is -0.507 e. The molecular weight excluding hydrogens is 266 g/mol. The SMILES string of the molecule is Cc1ccc(-c2csc(-c3ccccc3O)n2)c(C)c1. The molecule has 0 atom stereocenters. The van der Waals surface area contributed by atoms with Gasteiger partial charge in [-0.2, -0.15) is 0 Å². The first-order valence-corrected chi connectivity index (χ1v) is 7.34. The van der Waals surface area contributed by atoms with E-state index in [1.165, 1.54) is 11.1 Å². The van der Waals surface area contributed by atoms with E-state index < -0.39 is 0 Å². The van der Waals surface area contributed by atoms with Gasteiger partial charge in [0.05, 0.1) is 11.3 Å². The first-order chi connectivity index (χ1) is 9.65. The summed E-state index contributed by atoms with van der Waals surface area (Å²) in [6.45, 7) is 4.19. The fraction of sp³-hybridized carbons (Fsp3) is 0.118. The standard InChI is InChI=1S/C17H15NOS/c1-11-7-8-13(12(2)9-11)15-10-20-17(18-15)14-5-3-4-6-16(14)19/h3-10,19H,1-2H3. The molecule has 0 fully saturated rings. The second kappa shape index (κ2) is 5.10. The van der Waals surface area contributed by atoms with Gasteiger partial charge in [-0.05, 0) is 31.5 Å². The summed E-state index contributed by atoms with van der Waals surface area (Å²) in [7, 11) is 0. The first kappa shape index (κ1) is 12.9. The van der Waals surface area contributed by atoms with Crippen molar-refractivity contribution in [2.45, 2.75) is 13.8 Å². The molecule has 2 aromatic carbocycles. The lowest BCUT2D eigenvalue weighted by Gasteiger charge is -2.03. The van der Waals surface area contributed by atoms with E-state index in [1.807, 2.05) is 23.6 Å². The molecule has 0 aliphatic heterocycles. The second-order valence-electron chi connectivity index (χ2n) is 4.87. The molecule has 20 heavy (non-hydrogen) atoms. The van der Waals surface area contributed by atoms with Crippen molar-refractivity contribution in [1.29, 1.82) is 0 Å². The predicted molar refractivity (Wildman–Crippen MR) is 84.1 cm³/mol. The molecule has 0 aliphatic carbocycles. The smallest absolute Gasteiger partial charge is 0.127 e. The highest BCUT2D eigenvalue weighted by molar-refractivity contribution is 7.13. The number of para-hydroxylation sites is 1.